The van der Waals surface area contributed by atoms with Crippen molar-refractivity contribution >= 4 is 23.6 Å². The Hall–Kier alpha value is -3.42. The van der Waals surface area contributed by atoms with Crippen molar-refractivity contribution in [3.8, 4) is 0 Å². The predicted molar refractivity (Wildman–Crippen MR) is 133 cm³/mol. The highest BCUT2D eigenvalue weighted by molar-refractivity contribution is 6.01. The first-order valence-corrected chi connectivity index (χ1v) is 11.9. The zero-order chi connectivity index (χ0) is 25.8. The number of benzene rings is 2. The maximum absolute atomic E-state index is 13.8. The van der Waals surface area contributed by atoms with Crippen LogP contribution in [0.3, 0.4) is 0 Å². The van der Waals surface area contributed by atoms with E-state index in [1.807, 2.05) is 38.1 Å². The van der Waals surface area contributed by atoms with Crippen molar-refractivity contribution in [2.24, 2.45) is 0 Å². The molecule has 0 unspecified atom stereocenters. The van der Waals surface area contributed by atoms with Crippen LogP contribution in [-0.4, -0.2) is 41.6 Å². The molecule has 0 radical (unpaired) electrons. The number of halogens is 1. The van der Waals surface area contributed by atoms with E-state index in [4.69, 9.17) is 4.74 Å². The van der Waals surface area contributed by atoms with E-state index in [2.05, 4.69) is 10.6 Å². The lowest BCUT2D eigenvalue weighted by Gasteiger charge is -2.30. The maximum atomic E-state index is 13.8. The number of rotatable bonds is 6. The molecule has 0 aromatic heterocycles. The lowest BCUT2D eigenvalue weighted by Crippen LogP contribution is -2.56. The number of hydrogen-bond donors (Lipinski definition) is 2. The maximum Gasteiger partial charge on any atom is 0.408 e. The van der Waals surface area contributed by atoms with Crippen molar-refractivity contribution < 1.29 is 23.5 Å². The summed E-state index contributed by atoms with van der Waals surface area (Å²) in [4.78, 5) is 41.0. The normalized spacial score (nSPS) is 16.8. The third-order valence-corrected chi connectivity index (χ3v) is 5.66. The van der Waals surface area contributed by atoms with Crippen LogP contribution in [0.5, 0.6) is 0 Å². The lowest BCUT2D eigenvalue weighted by atomic mass is 10.0. The minimum Gasteiger partial charge on any atom is -0.444 e. The zero-order valence-electron chi connectivity index (χ0n) is 20.9. The summed E-state index contributed by atoms with van der Waals surface area (Å²) < 4.78 is 19.1. The monoisotopic (exact) mass is 483 g/mol. The summed E-state index contributed by atoms with van der Waals surface area (Å²) in [6.07, 6.45) is 0.309. The molecule has 0 saturated carbocycles. The molecule has 0 bridgehead atoms. The van der Waals surface area contributed by atoms with E-state index in [0.29, 0.717) is 18.4 Å². The Morgan fingerprint density at radius 2 is 1.86 bits per heavy atom. The van der Waals surface area contributed by atoms with Gasteiger partial charge in [0.05, 0.1) is 0 Å². The van der Waals surface area contributed by atoms with E-state index >= 15 is 0 Å². The molecule has 3 rings (SSSR count). The van der Waals surface area contributed by atoms with Gasteiger partial charge in [0, 0.05) is 18.2 Å². The smallest absolute Gasteiger partial charge is 0.408 e. The van der Waals surface area contributed by atoms with Gasteiger partial charge in [0.15, 0.2) is 0 Å². The summed E-state index contributed by atoms with van der Waals surface area (Å²) in [6, 6.07) is 11.6. The molecule has 2 aromatic carbocycles. The predicted octanol–water partition coefficient (Wildman–Crippen LogP) is 4.13. The number of nitrogens with one attached hydrogen (secondary N) is 2. The largest absolute Gasteiger partial charge is 0.444 e. The molecule has 0 saturated heterocycles. The van der Waals surface area contributed by atoms with Gasteiger partial charge in [-0.15, -0.1) is 0 Å². The first-order valence-electron chi connectivity index (χ1n) is 11.9. The van der Waals surface area contributed by atoms with Crippen molar-refractivity contribution in [1.29, 1.82) is 0 Å². The number of hydrogen-bond acceptors (Lipinski definition) is 4. The number of aryl methyl sites for hydroxylation is 1. The first kappa shape index (κ1) is 26.2. The van der Waals surface area contributed by atoms with E-state index in [-0.39, 0.29) is 18.4 Å². The zero-order valence-corrected chi connectivity index (χ0v) is 20.9. The van der Waals surface area contributed by atoms with Crippen LogP contribution >= 0.6 is 0 Å². The number of anilines is 1. The number of carbonyl (C=O) groups excluding carboxylic acids is 3. The van der Waals surface area contributed by atoms with E-state index in [0.717, 1.165) is 11.3 Å². The average molecular weight is 484 g/mol. The van der Waals surface area contributed by atoms with Crippen LogP contribution < -0.4 is 15.5 Å². The molecular formula is C27H34FN3O4. The number of alkyl carbamates (subject to hydrolysis) is 1. The second kappa shape index (κ2) is 10.9. The SMILES string of the molecule is CC(C)N1C(=O)[C@H](NC(=O)[C@@H](Cc2cccc(F)c2)NC(=O)OC(C)(C)C)CCc2ccccc21. The van der Waals surface area contributed by atoms with Crippen LogP contribution in [0.4, 0.5) is 14.9 Å². The molecule has 35 heavy (non-hydrogen) atoms. The first-order chi connectivity index (χ1) is 16.4. The standard InChI is InChI=1S/C27H34FN3O4/c1-17(2)31-23-12-7-6-10-19(23)13-14-21(25(31)33)29-24(32)22(30-26(34)35-27(3,4)5)16-18-9-8-11-20(28)15-18/h6-12,15,17,21-22H,13-14,16H2,1-5H3,(H,29,32)(H,30,34)/t21-,22-/m1/s1. The summed E-state index contributed by atoms with van der Waals surface area (Å²) >= 11 is 0. The minimum atomic E-state index is -1.06. The highest BCUT2D eigenvalue weighted by Crippen LogP contribution is 2.28. The van der Waals surface area contributed by atoms with E-state index in [9.17, 15) is 18.8 Å². The van der Waals surface area contributed by atoms with Gasteiger partial charge in [-0.3, -0.25) is 9.59 Å². The highest BCUT2D eigenvalue weighted by Gasteiger charge is 2.34. The van der Waals surface area contributed by atoms with Crippen molar-refractivity contribution in [3.05, 3.63) is 65.5 Å². The van der Waals surface area contributed by atoms with E-state index in [1.54, 1.807) is 37.8 Å². The molecule has 8 heteroatoms. The van der Waals surface area contributed by atoms with Gasteiger partial charge < -0.3 is 20.3 Å². The molecule has 1 aliphatic heterocycles. The molecule has 2 atom stereocenters. The Balaban J connectivity index is 1.82. The number of ether oxygens (including phenoxy) is 1. The Morgan fingerprint density at radius 1 is 1.14 bits per heavy atom. The summed E-state index contributed by atoms with van der Waals surface area (Å²) in [5.41, 5.74) is 1.65. The van der Waals surface area contributed by atoms with Crippen molar-refractivity contribution in [3.63, 3.8) is 0 Å². The topological polar surface area (TPSA) is 87.7 Å². The number of amides is 3. The molecule has 7 nitrogen and oxygen atoms in total. The molecule has 0 aliphatic carbocycles. The van der Waals surface area contributed by atoms with Gasteiger partial charge in [-0.05, 0) is 76.8 Å². The van der Waals surface area contributed by atoms with Crippen molar-refractivity contribution in [1.82, 2.24) is 10.6 Å². The summed E-state index contributed by atoms with van der Waals surface area (Å²) in [5, 5.41) is 5.43. The fourth-order valence-electron chi connectivity index (χ4n) is 4.16. The van der Waals surface area contributed by atoms with Crippen LogP contribution in [0.2, 0.25) is 0 Å². The van der Waals surface area contributed by atoms with E-state index in [1.165, 1.54) is 12.1 Å². The molecule has 2 aromatic rings. The lowest BCUT2D eigenvalue weighted by molar-refractivity contribution is -0.129. The molecule has 2 N–H and O–H groups in total. The molecule has 1 heterocycles. The Labute approximate surface area is 206 Å². The van der Waals surface area contributed by atoms with Gasteiger partial charge in [-0.1, -0.05) is 30.3 Å². The number of fused-ring (bicyclic) bond motifs is 1. The minimum absolute atomic E-state index is 0.0396. The Bertz CT molecular complexity index is 1080. The average Bonchev–Trinajstić information content (AvgIpc) is 2.88. The second-order valence-electron chi connectivity index (χ2n) is 10.1. The Kier molecular flexibility index (Phi) is 8.14. The van der Waals surface area contributed by atoms with E-state index < -0.39 is 35.5 Å². The molecule has 3 amide bonds. The molecule has 188 valence electrons. The fourth-order valence-corrected chi connectivity index (χ4v) is 4.16. The van der Waals surface area contributed by atoms with Crippen LogP contribution in [-0.2, 0) is 27.2 Å². The van der Waals surface area contributed by atoms with Gasteiger partial charge >= 0.3 is 6.09 Å². The van der Waals surface area contributed by atoms with Crippen LogP contribution in [0.15, 0.2) is 48.5 Å². The van der Waals surface area contributed by atoms with Crippen LogP contribution in [0.1, 0.15) is 52.2 Å². The molecule has 0 spiro atoms. The van der Waals surface area contributed by atoms with Crippen LogP contribution in [0, 0.1) is 5.82 Å². The second-order valence-corrected chi connectivity index (χ2v) is 10.1. The quantitative estimate of drug-likeness (QED) is 0.647. The summed E-state index contributed by atoms with van der Waals surface area (Å²) in [5.74, 6) is -1.18. The van der Waals surface area contributed by atoms with Gasteiger partial charge in [-0.25, -0.2) is 9.18 Å². The number of nitrogens with zero attached hydrogens (tertiary/aromatic N) is 1. The van der Waals surface area contributed by atoms with Gasteiger partial charge in [0.1, 0.15) is 23.5 Å². The van der Waals surface area contributed by atoms with Crippen molar-refractivity contribution in [2.45, 2.75) is 77.6 Å². The molecule has 0 fully saturated rings. The van der Waals surface area contributed by atoms with Gasteiger partial charge in [0.2, 0.25) is 11.8 Å². The third-order valence-electron chi connectivity index (χ3n) is 5.66. The molecular weight excluding hydrogens is 449 g/mol. The molecule has 1 aliphatic rings. The third kappa shape index (κ3) is 7.04. The van der Waals surface area contributed by atoms with Crippen LogP contribution in [0.25, 0.3) is 0 Å². The number of para-hydroxylation sites is 1. The summed E-state index contributed by atoms with van der Waals surface area (Å²) in [7, 11) is 0. The number of carbonyl (C=O) groups is 3. The van der Waals surface area contributed by atoms with Crippen molar-refractivity contribution in [2.75, 3.05) is 4.90 Å². The fraction of sp³-hybridized carbons (Fsp3) is 0.444. The van der Waals surface area contributed by atoms with Gasteiger partial charge in [0.25, 0.3) is 0 Å². The Morgan fingerprint density at radius 3 is 2.51 bits per heavy atom. The summed E-state index contributed by atoms with van der Waals surface area (Å²) in [6.45, 7) is 9.01. The highest BCUT2D eigenvalue weighted by atomic mass is 19.1. The van der Waals surface area contributed by atoms with Gasteiger partial charge in [-0.2, -0.15) is 0 Å².